The molecule has 2 aliphatic rings. The van der Waals surface area contributed by atoms with Crippen LogP contribution in [0.1, 0.15) is 30.4 Å². The van der Waals surface area contributed by atoms with Crippen LogP contribution in [-0.4, -0.2) is 58.0 Å². The van der Waals surface area contributed by atoms with E-state index in [2.05, 4.69) is 10.2 Å². The summed E-state index contributed by atoms with van der Waals surface area (Å²) in [4.78, 5) is 15.2. The summed E-state index contributed by atoms with van der Waals surface area (Å²) in [6, 6.07) is 12.9. The van der Waals surface area contributed by atoms with Crippen molar-refractivity contribution in [3.63, 3.8) is 0 Å². The Morgan fingerprint density at radius 2 is 1.66 bits per heavy atom. The standard InChI is InChI=1S/C24H31N3O4S/c1-19-5-7-20(8-6-19)17-24(28)25-22-18-21(32(29,30)27-11-3-2-4-12-27)9-10-23(22)26-13-15-31-16-14-26/h5-10,18H,2-4,11-17H2,1H3,(H,25,28). The third kappa shape index (κ3) is 5.31. The van der Waals surface area contributed by atoms with Gasteiger partial charge in [-0.1, -0.05) is 36.2 Å². The number of benzene rings is 2. The molecule has 2 saturated heterocycles. The van der Waals surface area contributed by atoms with E-state index < -0.39 is 10.0 Å². The molecule has 0 aromatic heterocycles. The first-order valence-corrected chi connectivity index (χ1v) is 12.7. The molecule has 2 aliphatic heterocycles. The summed E-state index contributed by atoms with van der Waals surface area (Å²) in [5.41, 5.74) is 3.41. The van der Waals surface area contributed by atoms with Gasteiger partial charge in [0.1, 0.15) is 0 Å². The number of aryl methyl sites for hydroxylation is 1. The van der Waals surface area contributed by atoms with E-state index in [-0.39, 0.29) is 17.2 Å². The molecule has 2 fully saturated rings. The van der Waals surface area contributed by atoms with Crippen LogP contribution in [0.15, 0.2) is 47.4 Å². The van der Waals surface area contributed by atoms with Crippen molar-refractivity contribution in [1.29, 1.82) is 0 Å². The molecule has 0 unspecified atom stereocenters. The maximum Gasteiger partial charge on any atom is 0.243 e. The van der Waals surface area contributed by atoms with E-state index >= 15 is 0 Å². The van der Waals surface area contributed by atoms with Crippen LogP contribution in [0, 0.1) is 6.92 Å². The number of sulfonamides is 1. The van der Waals surface area contributed by atoms with Crippen LogP contribution in [-0.2, 0) is 26.0 Å². The number of hydrogen-bond donors (Lipinski definition) is 1. The van der Waals surface area contributed by atoms with Gasteiger partial charge in [-0.05, 0) is 43.5 Å². The topological polar surface area (TPSA) is 79.0 Å². The van der Waals surface area contributed by atoms with E-state index in [0.717, 1.165) is 36.1 Å². The van der Waals surface area contributed by atoms with Crippen LogP contribution in [0.3, 0.4) is 0 Å². The predicted octanol–water partition coefficient (Wildman–Crippen LogP) is 3.19. The van der Waals surface area contributed by atoms with Crippen LogP contribution in [0.4, 0.5) is 11.4 Å². The zero-order chi connectivity index (χ0) is 22.6. The molecule has 0 aliphatic carbocycles. The molecule has 172 valence electrons. The van der Waals surface area contributed by atoms with Gasteiger partial charge in [-0.2, -0.15) is 4.31 Å². The van der Waals surface area contributed by atoms with Gasteiger partial charge in [0.25, 0.3) is 0 Å². The first kappa shape index (κ1) is 22.8. The Labute approximate surface area is 190 Å². The van der Waals surface area contributed by atoms with Gasteiger partial charge in [0, 0.05) is 26.2 Å². The lowest BCUT2D eigenvalue weighted by Crippen LogP contribution is -2.37. The molecule has 2 aromatic rings. The maximum atomic E-state index is 13.2. The number of carbonyl (C=O) groups is 1. The minimum Gasteiger partial charge on any atom is -0.378 e. The lowest BCUT2D eigenvalue weighted by molar-refractivity contribution is -0.115. The quantitative estimate of drug-likeness (QED) is 0.721. The van der Waals surface area contributed by atoms with Crippen molar-refractivity contribution >= 4 is 27.3 Å². The van der Waals surface area contributed by atoms with E-state index in [1.807, 2.05) is 37.3 Å². The number of rotatable bonds is 6. The Morgan fingerprint density at radius 1 is 0.969 bits per heavy atom. The lowest BCUT2D eigenvalue weighted by atomic mass is 10.1. The summed E-state index contributed by atoms with van der Waals surface area (Å²) in [5.74, 6) is -0.170. The Hall–Kier alpha value is -2.42. The normalized spacial score (nSPS) is 17.8. The summed E-state index contributed by atoms with van der Waals surface area (Å²) < 4.78 is 33.4. The second kappa shape index (κ2) is 10.0. The van der Waals surface area contributed by atoms with Crippen molar-refractivity contribution in [2.24, 2.45) is 0 Å². The Morgan fingerprint density at radius 3 is 2.34 bits per heavy atom. The fourth-order valence-electron chi connectivity index (χ4n) is 4.20. The third-order valence-electron chi connectivity index (χ3n) is 6.03. The summed E-state index contributed by atoms with van der Waals surface area (Å²) in [6.45, 7) is 5.69. The van der Waals surface area contributed by atoms with Crippen LogP contribution >= 0.6 is 0 Å². The average molecular weight is 458 g/mol. The van der Waals surface area contributed by atoms with E-state index in [1.165, 1.54) is 0 Å². The molecule has 0 atom stereocenters. The zero-order valence-corrected chi connectivity index (χ0v) is 19.4. The van der Waals surface area contributed by atoms with Crippen molar-refractivity contribution in [2.75, 3.05) is 49.6 Å². The molecule has 0 bridgehead atoms. The summed E-state index contributed by atoms with van der Waals surface area (Å²) in [6.07, 6.45) is 3.05. The number of piperidine rings is 1. The van der Waals surface area contributed by atoms with Crippen LogP contribution in [0.2, 0.25) is 0 Å². The Balaban J connectivity index is 1.61. The number of carbonyl (C=O) groups excluding carboxylic acids is 1. The van der Waals surface area contributed by atoms with Gasteiger partial charge >= 0.3 is 0 Å². The van der Waals surface area contributed by atoms with Crippen LogP contribution < -0.4 is 10.2 Å². The molecule has 0 saturated carbocycles. The first-order chi connectivity index (χ1) is 15.4. The van der Waals surface area contributed by atoms with Crippen molar-refractivity contribution in [3.8, 4) is 0 Å². The number of morpholine rings is 1. The largest absolute Gasteiger partial charge is 0.378 e. The monoisotopic (exact) mass is 457 g/mol. The summed E-state index contributed by atoms with van der Waals surface area (Å²) in [7, 11) is -3.59. The second-order valence-corrected chi connectivity index (χ2v) is 10.4. The average Bonchev–Trinajstić information content (AvgIpc) is 2.81. The second-order valence-electron chi connectivity index (χ2n) is 8.45. The molecule has 0 radical (unpaired) electrons. The third-order valence-corrected chi connectivity index (χ3v) is 7.93. The number of anilines is 2. The molecule has 0 spiro atoms. The molecular formula is C24H31N3O4S. The number of amides is 1. The summed E-state index contributed by atoms with van der Waals surface area (Å²) in [5, 5.41) is 2.98. The van der Waals surface area contributed by atoms with Crippen molar-refractivity contribution in [2.45, 2.75) is 37.5 Å². The number of ether oxygens (including phenoxy) is 1. The van der Waals surface area contributed by atoms with Crippen molar-refractivity contribution in [3.05, 3.63) is 53.6 Å². The van der Waals surface area contributed by atoms with E-state index in [1.54, 1.807) is 16.4 Å². The number of nitrogens with one attached hydrogen (secondary N) is 1. The SMILES string of the molecule is Cc1ccc(CC(=O)Nc2cc(S(=O)(=O)N3CCCCC3)ccc2N2CCOCC2)cc1. The van der Waals surface area contributed by atoms with Gasteiger partial charge in [0.05, 0.1) is 35.9 Å². The van der Waals surface area contributed by atoms with E-state index in [4.69, 9.17) is 4.74 Å². The minimum atomic E-state index is -3.59. The summed E-state index contributed by atoms with van der Waals surface area (Å²) >= 11 is 0. The molecule has 8 heteroatoms. The van der Waals surface area contributed by atoms with Gasteiger partial charge < -0.3 is 15.0 Å². The zero-order valence-electron chi connectivity index (χ0n) is 18.5. The molecule has 1 N–H and O–H groups in total. The van der Waals surface area contributed by atoms with Crippen molar-refractivity contribution in [1.82, 2.24) is 4.31 Å². The van der Waals surface area contributed by atoms with Gasteiger partial charge in [-0.25, -0.2) is 8.42 Å². The minimum absolute atomic E-state index is 0.170. The molecule has 7 nitrogen and oxygen atoms in total. The van der Waals surface area contributed by atoms with E-state index in [9.17, 15) is 13.2 Å². The van der Waals surface area contributed by atoms with Gasteiger partial charge in [0.2, 0.25) is 15.9 Å². The van der Waals surface area contributed by atoms with Crippen LogP contribution in [0.5, 0.6) is 0 Å². The predicted molar refractivity (Wildman–Crippen MR) is 126 cm³/mol. The maximum absolute atomic E-state index is 13.2. The Bertz CT molecular complexity index is 1040. The highest BCUT2D eigenvalue weighted by Crippen LogP contribution is 2.31. The molecule has 2 aromatic carbocycles. The number of nitrogens with zero attached hydrogens (tertiary/aromatic N) is 2. The first-order valence-electron chi connectivity index (χ1n) is 11.3. The molecule has 32 heavy (non-hydrogen) atoms. The van der Waals surface area contributed by atoms with Crippen molar-refractivity contribution < 1.29 is 17.9 Å². The molecular weight excluding hydrogens is 426 g/mol. The lowest BCUT2D eigenvalue weighted by Gasteiger charge is -2.31. The van der Waals surface area contributed by atoms with Gasteiger partial charge in [-0.3, -0.25) is 4.79 Å². The molecule has 1 amide bonds. The molecule has 2 heterocycles. The molecule has 4 rings (SSSR count). The van der Waals surface area contributed by atoms with Gasteiger partial charge in [0.15, 0.2) is 0 Å². The van der Waals surface area contributed by atoms with E-state index in [0.29, 0.717) is 45.1 Å². The highest BCUT2D eigenvalue weighted by atomic mass is 32.2. The smallest absolute Gasteiger partial charge is 0.243 e. The highest BCUT2D eigenvalue weighted by Gasteiger charge is 2.27. The fraction of sp³-hybridized carbons (Fsp3) is 0.458. The van der Waals surface area contributed by atoms with Crippen LogP contribution in [0.25, 0.3) is 0 Å². The number of hydrogen-bond acceptors (Lipinski definition) is 5. The fourth-order valence-corrected chi connectivity index (χ4v) is 5.74. The Kier molecular flexibility index (Phi) is 7.13. The highest BCUT2D eigenvalue weighted by molar-refractivity contribution is 7.89. The van der Waals surface area contributed by atoms with Gasteiger partial charge in [-0.15, -0.1) is 0 Å².